The number of fused-ring (bicyclic) bond motifs is 1. The highest BCUT2D eigenvalue weighted by Crippen LogP contribution is 2.29. The smallest absolute Gasteiger partial charge is 0.124 e. The van der Waals surface area contributed by atoms with Crippen LogP contribution in [0.4, 0.5) is 0 Å². The zero-order chi connectivity index (χ0) is 14.2. The summed E-state index contributed by atoms with van der Waals surface area (Å²) in [6.45, 7) is 3.15. The van der Waals surface area contributed by atoms with E-state index in [1.54, 1.807) is 6.26 Å². The molecule has 1 aliphatic heterocycles. The van der Waals surface area contributed by atoms with Gasteiger partial charge in [-0.15, -0.1) is 0 Å². The Morgan fingerprint density at radius 3 is 3.19 bits per heavy atom. The highest BCUT2D eigenvalue weighted by molar-refractivity contribution is 9.10. The van der Waals surface area contributed by atoms with Crippen LogP contribution in [0, 0.1) is 0 Å². The highest BCUT2D eigenvalue weighted by atomic mass is 79.9. The van der Waals surface area contributed by atoms with Crippen LogP contribution < -0.4 is 0 Å². The molecule has 0 bridgehead atoms. The minimum Gasteiger partial charge on any atom is -0.365 e. The Morgan fingerprint density at radius 1 is 1.38 bits per heavy atom. The van der Waals surface area contributed by atoms with Crippen LogP contribution in [0.1, 0.15) is 23.6 Å². The Labute approximate surface area is 131 Å². The molecular formula is C16H16BrN3O. The van der Waals surface area contributed by atoms with Gasteiger partial charge >= 0.3 is 0 Å². The largest absolute Gasteiger partial charge is 0.365 e. The molecule has 3 heterocycles. The molecule has 2 aromatic heterocycles. The Kier molecular flexibility index (Phi) is 3.31. The molecule has 0 aliphatic carbocycles. The van der Waals surface area contributed by atoms with E-state index >= 15 is 0 Å². The van der Waals surface area contributed by atoms with Crippen LogP contribution in [0.2, 0.25) is 0 Å². The van der Waals surface area contributed by atoms with E-state index in [0.717, 1.165) is 36.2 Å². The van der Waals surface area contributed by atoms with Gasteiger partial charge in [-0.1, -0.05) is 27.2 Å². The van der Waals surface area contributed by atoms with E-state index in [1.165, 1.54) is 16.5 Å². The minimum atomic E-state index is 0.503. The van der Waals surface area contributed by atoms with Crippen molar-refractivity contribution in [1.82, 2.24) is 15.0 Å². The Morgan fingerprint density at radius 2 is 2.33 bits per heavy atom. The molecule has 0 spiro atoms. The first-order valence-corrected chi connectivity index (χ1v) is 7.97. The molecule has 1 fully saturated rings. The van der Waals surface area contributed by atoms with E-state index in [1.807, 2.05) is 6.07 Å². The summed E-state index contributed by atoms with van der Waals surface area (Å²) in [5, 5.41) is 5.38. The van der Waals surface area contributed by atoms with Gasteiger partial charge in [-0.25, -0.2) is 0 Å². The molecular weight excluding hydrogens is 330 g/mol. The van der Waals surface area contributed by atoms with E-state index in [-0.39, 0.29) is 0 Å². The van der Waals surface area contributed by atoms with E-state index in [9.17, 15) is 0 Å². The summed E-state index contributed by atoms with van der Waals surface area (Å²) >= 11 is 3.51. The maximum atomic E-state index is 4.96. The third-order valence-electron chi connectivity index (χ3n) is 4.27. The number of rotatable bonds is 3. The quantitative estimate of drug-likeness (QED) is 0.782. The van der Waals surface area contributed by atoms with Crippen molar-refractivity contribution in [3.05, 3.63) is 52.5 Å². The second-order valence-electron chi connectivity index (χ2n) is 5.65. The SMILES string of the molecule is Brc1ccc2c(CN3CCC(c4ccon4)C3)c[nH]c2c1. The molecule has 21 heavy (non-hydrogen) atoms. The monoisotopic (exact) mass is 345 g/mol. The van der Waals surface area contributed by atoms with Crippen molar-refractivity contribution < 1.29 is 4.52 Å². The van der Waals surface area contributed by atoms with Gasteiger partial charge in [-0.3, -0.25) is 4.90 Å². The van der Waals surface area contributed by atoms with Crippen LogP contribution in [0.15, 0.2) is 45.7 Å². The van der Waals surface area contributed by atoms with Gasteiger partial charge in [0.1, 0.15) is 6.26 Å². The van der Waals surface area contributed by atoms with Gasteiger partial charge in [0.2, 0.25) is 0 Å². The molecule has 4 rings (SSSR count). The maximum absolute atomic E-state index is 4.96. The number of hydrogen-bond donors (Lipinski definition) is 1. The fourth-order valence-corrected chi connectivity index (χ4v) is 3.54. The van der Waals surface area contributed by atoms with Gasteiger partial charge in [0, 0.05) is 46.6 Å². The number of likely N-dealkylation sites (tertiary alicyclic amines) is 1. The van der Waals surface area contributed by atoms with Crippen LogP contribution in [-0.4, -0.2) is 28.1 Å². The predicted molar refractivity (Wildman–Crippen MR) is 85.1 cm³/mol. The summed E-state index contributed by atoms with van der Waals surface area (Å²) in [6.07, 6.45) is 4.94. The lowest BCUT2D eigenvalue weighted by molar-refractivity contribution is 0.325. The molecule has 0 radical (unpaired) electrons. The Balaban J connectivity index is 1.51. The van der Waals surface area contributed by atoms with Crippen molar-refractivity contribution in [2.75, 3.05) is 13.1 Å². The van der Waals surface area contributed by atoms with Gasteiger partial charge in [0.25, 0.3) is 0 Å². The molecule has 5 heteroatoms. The number of hydrogen-bond acceptors (Lipinski definition) is 3. The molecule has 1 atom stereocenters. The highest BCUT2D eigenvalue weighted by Gasteiger charge is 2.26. The van der Waals surface area contributed by atoms with Crippen LogP contribution in [0.5, 0.6) is 0 Å². The van der Waals surface area contributed by atoms with Crippen LogP contribution in [0.25, 0.3) is 10.9 Å². The second-order valence-corrected chi connectivity index (χ2v) is 6.56. The Bertz CT molecular complexity index is 750. The number of nitrogens with zero attached hydrogens (tertiary/aromatic N) is 2. The van der Waals surface area contributed by atoms with Crippen molar-refractivity contribution in [2.45, 2.75) is 18.9 Å². The summed E-state index contributed by atoms with van der Waals surface area (Å²) in [6, 6.07) is 8.39. The standard InChI is InChI=1S/C16H16BrN3O/c17-13-1-2-14-12(8-18-16(14)7-13)10-20-5-3-11(9-20)15-4-6-21-19-15/h1-2,4,6-8,11,18H,3,5,9-10H2. The first kappa shape index (κ1) is 13.1. The molecule has 3 aromatic rings. The van der Waals surface area contributed by atoms with Gasteiger partial charge in [0.15, 0.2) is 0 Å². The van der Waals surface area contributed by atoms with E-state index < -0.39 is 0 Å². The lowest BCUT2D eigenvalue weighted by Crippen LogP contribution is -2.19. The number of aromatic amines is 1. The summed E-state index contributed by atoms with van der Waals surface area (Å²) in [5.41, 5.74) is 3.63. The molecule has 4 nitrogen and oxygen atoms in total. The molecule has 1 saturated heterocycles. The third-order valence-corrected chi connectivity index (χ3v) is 4.77. The van der Waals surface area contributed by atoms with Crippen LogP contribution in [0.3, 0.4) is 0 Å². The topological polar surface area (TPSA) is 45.1 Å². The molecule has 0 saturated carbocycles. The molecule has 1 unspecified atom stereocenters. The summed E-state index contributed by atoms with van der Waals surface area (Å²) in [7, 11) is 0. The van der Waals surface area contributed by atoms with E-state index in [2.05, 4.69) is 55.4 Å². The normalized spacial score (nSPS) is 19.6. The molecule has 1 aromatic carbocycles. The van der Waals surface area contributed by atoms with E-state index in [4.69, 9.17) is 4.52 Å². The summed E-state index contributed by atoms with van der Waals surface area (Å²) in [4.78, 5) is 5.85. The number of aromatic nitrogens is 2. The van der Waals surface area contributed by atoms with Gasteiger partial charge < -0.3 is 9.51 Å². The second kappa shape index (κ2) is 5.31. The fourth-order valence-electron chi connectivity index (χ4n) is 3.18. The van der Waals surface area contributed by atoms with Crippen molar-refractivity contribution >= 4 is 26.8 Å². The Hall–Kier alpha value is -1.59. The zero-order valence-electron chi connectivity index (χ0n) is 11.6. The maximum Gasteiger partial charge on any atom is 0.124 e. The number of benzene rings is 1. The van der Waals surface area contributed by atoms with Crippen molar-refractivity contribution in [1.29, 1.82) is 0 Å². The van der Waals surface area contributed by atoms with Crippen molar-refractivity contribution in [2.24, 2.45) is 0 Å². The van der Waals surface area contributed by atoms with Crippen LogP contribution in [-0.2, 0) is 6.54 Å². The minimum absolute atomic E-state index is 0.503. The first-order valence-electron chi connectivity index (χ1n) is 7.18. The third kappa shape index (κ3) is 2.51. The molecule has 1 N–H and O–H groups in total. The summed E-state index contributed by atoms with van der Waals surface area (Å²) < 4.78 is 6.07. The van der Waals surface area contributed by atoms with Gasteiger partial charge in [0.05, 0.1) is 5.69 Å². The molecule has 0 amide bonds. The molecule has 108 valence electrons. The number of nitrogens with one attached hydrogen (secondary N) is 1. The van der Waals surface area contributed by atoms with Gasteiger partial charge in [-0.2, -0.15) is 0 Å². The number of H-pyrrole nitrogens is 1. The lowest BCUT2D eigenvalue weighted by Gasteiger charge is -2.14. The molecule has 1 aliphatic rings. The van der Waals surface area contributed by atoms with E-state index in [0.29, 0.717) is 5.92 Å². The predicted octanol–water partition coefficient (Wildman–Crippen LogP) is 3.91. The van der Waals surface area contributed by atoms with Crippen molar-refractivity contribution in [3.8, 4) is 0 Å². The van der Waals surface area contributed by atoms with Crippen molar-refractivity contribution in [3.63, 3.8) is 0 Å². The zero-order valence-corrected chi connectivity index (χ0v) is 13.1. The average molecular weight is 346 g/mol. The van der Waals surface area contributed by atoms with Crippen LogP contribution >= 0.6 is 15.9 Å². The lowest BCUT2D eigenvalue weighted by atomic mass is 10.1. The summed E-state index contributed by atoms with van der Waals surface area (Å²) in [5.74, 6) is 0.503. The number of halogens is 1. The average Bonchev–Trinajstić information content (AvgIpc) is 3.19. The van der Waals surface area contributed by atoms with Gasteiger partial charge in [-0.05, 0) is 30.7 Å². The fraction of sp³-hybridized carbons (Fsp3) is 0.312. The first-order chi connectivity index (χ1) is 10.3.